The van der Waals surface area contributed by atoms with Crippen molar-refractivity contribution in [3.05, 3.63) is 70.9 Å². The second kappa shape index (κ2) is 10.5. The quantitative estimate of drug-likeness (QED) is 0.417. The Morgan fingerprint density at radius 3 is 2.63 bits per heavy atom. The molecule has 2 aromatic carbocycles. The topological polar surface area (TPSA) is 101 Å². The zero-order valence-electron chi connectivity index (χ0n) is 20.2. The minimum absolute atomic E-state index is 0.0806. The van der Waals surface area contributed by atoms with Gasteiger partial charge in [0.1, 0.15) is 24.0 Å². The lowest BCUT2D eigenvalue weighted by molar-refractivity contribution is -0.131. The maximum absolute atomic E-state index is 13.0. The number of likely N-dealkylation sites (tertiary alicyclic amines) is 1. The average molecular weight is 471 g/mol. The molecule has 3 aromatic rings. The van der Waals surface area contributed by atoms with Crippen molar-refractivity contribution in [3.8, 4) is 11.8 Å². The number of carbonyl (C=O) groups excluding carboxylic acids is 2. The van der Waals surface area contributed by atoms with Crippen molar-refractivity contribution in [2.24, 2.45) is 11.7 Å². The van der Waals surface area contributed by atoms with E-state index in [0.29, 0.717) is 39.1 Å². The van der Waals surface area contributed by atoms with E-state index in [9.17, 15) is 14.9 Å². The summed E-state index contributed by atoms with van der Waals surface area (Å²) in [5, 5.41) is 10.7. The lowest BCUT2D eigenvalue weighted by atomic mass is 9.96. The molecule has 4 rings (SSSR count). The number of fused-ring (bicyclic) bond motifs is 1. The molecule has 1 aliphatic rings. The van der Waals surface area contributed by atoms with Crippen LogP contribution in [0.15, 0.2) is 54.2 Å². The van der Waals surface area contributed by atoms with Gasteiger partial charge in [0, 0.05) is 41.7 Å². The number of piperidine rings is 1. The van der Waals surface area contributed by atoms with Gasteiger partial charge in [-0.1, -0.05) is 30.3 Å². The molecule has 0 aliphatic carbocycles. The number of aryl methyl sites for hydroxylation is 2. The van der Waals surface area contributed by atoms with Gasteiger partial charge in [-0.3, -0.25) is 9.59 Å². The van der Waals surface area contributed by atoms with Crippen LogP contribution in [0.3, 0.4) is 0 Å². The van der Waals surface area contributed by atoms with Gasteiger partial charge in [0.15, 0.2) is 0 Å². The Balaban J connectivity index is 1.53. The lowest BCUT2D eigenvalue weighted by Gasteiger charge is -2.30. The molecule has 2 N–H and O–H groups in total. The van der Waals surface area contributed by atoms with Gasteiger partial charge < -0.3 is 19.9 Å². The normalized spacial score (nSPS) is 14.7. The molecule has 1 aromatic heterocycles. The predicted octanol–water partition coefficient (Wildman–Crippen LogP) is 3.97. The first-order valence-electron chi connectivity index (χ1n) is 11.9. The van der Waals surface area contributed by atoms with Gasteiger partial charge in [0.05, 0.1) is 6.54 Å². The number of ether oxygens (including phenoxy) is 1. The van der Waals surface area contributed by atoms with E-state index in [1.807, 2.05) is 50.4 Å². The summed E-state index contributed by atoms with van der Waals surface area (Å²) < 4.78 is 8.13. The van der Waals surface area contributed by atoms with Gasteiger partial charge in [0.25, 0.3) is 5.91 Å². The fourth-order valence-corrected chi connectivity index (χ4v) is 4.53. The van der Waals surface area contributed by atoms with Crippen molar-refractivity contribution >= 4 is 28.8 Å². The lowest BCUT2D eigenvalue weighted by Crippen LogP contribution is -2.42. The molecule has 0 radical (unpaired) electrons. The Kier molecular flexibility index (Phi) is 7.21. The molecule has 0 saturated carbocycles. The number of hydrogen-bond acceptors (Lipinski definition) is 4. The summed E-state index contributed by atoms with van der Waals surface area (Å²) in [4.78, 5) is 26.1. The van der Waals surface area contributed by atoms with Gasteiger partial charge in [-0.25, -0.2) is 0 Å². The van der Waals surface area contributed by atoms with E-state index in [1.54, 1.807) is 11.0 Å². The highest BCUT2D eigenvalue weighted by atomic mass is 16.5. The molecule has 7 nitrogen and oxygen atoms in total. The third kappa shape index (κ3) is 5.38. The third-order valence-electron chi connectivity index (χ3n) is 6.59. The van der Waals surface area contributed by atoms with Crippen molar-refractivity contribution in [1.29, 1.82) is 5.26 Å². The number of nitrogens with two attached hydrogens (primary N) is 1. The molecule has 7 heteroatoms. The Labute approximate surface area is 205 Å². The summed E-state index contributed by atoms with van der Waals surface area (Å²) in [6, 6.07) is 16.1. The number of nitrogens with zero attached hydrogens (tertiary/aromatic N) is 3. The molecule has 1 aliphatic heterocycles. The van der Waals surface area contributed by atoms with Crippen molar-refractivity contribution in [2.45, 2.75) is 33.2 Å². The van der Waals surface area contributed by atoms with Crippen LogP contribution in [0.1, 0.15) is 29.5 Å². The summed E-state index contributed by atoms with van der Waals surface area (Å²) in [5.41, 5.74) is 9.54. The molecule has 1 fully saturated rings. The first-order chi connectivity index (χ1) is 16.9. The maximum Gasteiger partial charge on any atom is 0.264 e. The molecule has 0 bridgehead atoms. The molecule has 0 spiro atoms. The van der Waals surface area contributed by atoms with Gasteiger partial charge >= 0.3 is 0 Å². The van der Waals surface area contributed by atoms with E-state index < -0.39 is 0 Å². The fraction of sp³-hybridized carbons (Fsp3) is 0.321. The van der Waals surface area contributed by atoms with Crippen LogP contribution in [0.5, 0.6) is 5.75 Å². The summed E-state index contributed by atoms with van der Waals surface area (Å²) >= 11 is 0. The van der Waals surface area contributed by atoms with Crippen LogP contribution in [0.2, 0.25) is 0 Å². The van der Waals surface area contributed by atoms with Gasteiger partial charge in [-0.2, -0.15) is 5.26 Å². The summed E-state index contributed by atoms with van der Waals surface area (Å²) in [6.45, 7) is 6.02. The average Bonchev–Trinajstić information content (AvgIpc) is 3.21. The highest BCUT2D eigenvalue weighted by Crippen LogP contribution is 2.26. The first-order valence-corrected chi connectivity index (χ1v) is 11.9. The molecule has 2 heterocycles. The van der Waals surface area contributed by atoms with E-state index in [2.05, 4.69) is 22.8 Å². The number of nitriles is 1. The highest BCUT2D eigenvalue weighted by Gasteiger charge is 2.27. The summed E-state index contributed by atoms with van der Waals surface area (Å²) in [6.07, 6.45) is 4.67. The highest BCUT2D eigenvalue weighted by molar-refractivity contribution is 6.04. The standard InChI is InChI=1S/C28H30N4O3/c1-19-7-8-20(2)26(15-19)35-14-13-32-18-23(24-5-3-4-6-25(24)32)16-22(17-29)28(34)31-11-9-21(10-12-31)27(30)33/h3-8,15-16,18,21H,9-14H2,1-2H3,(H2,30,33)/b22-16+. The Morgan fingerprint density at radius 2 is 1.91 bits per heavy atom. The van der Waals surface area contributed by atoms with Crippen LogP contribution in [0, 0.1) is 31.1 Å². The number of aromatic nitrogens is 1. The number of amides is 2. The fourth-order valence-electron chi connectivity index (χ4n) is 4.53. The van der Waals surface area contributed by atoms with Gasteiger partial charge in [-0.15, -0.1) is 0 Å². The van der Waals surface area contributed by atoms with Gasteiger partial charge in [0.2, 0.25) is 5.91 Å². The number of rotatable bonds is 7. The van der Waals surface area contributed by atoms with Crippen LogP contribution in [0.25, 0.3) is 17.0 Å². The molecule has 1 saturated heterocycles. The van der Waals surface area contributed by atoms with E-state index in [4.69, 9.17) is 10.5 Å². The molecule has 2 amide bonds. The summed E-state index contributed by atoms with van der Waals surface area (Å²) in [5.74, 6) is 0.0180. The van der Waals surface area contributed by atoms with Crippen LogP contribution in [-0.4, -0.2) is 41.0 Å². The van der Waals surface area contributed by atoms with Crippen LogP contribution in [0.4, 0.5) is 0 Å². The Morgan fingerprint density at radius 1 is 1.17 bits per heavy atom. The Bertz CT molecular complexity index is 1320. The minimum Gasteiger partial charge on any atom is -0.491 e. The van der Waals surface area contributed by atoms with E-state index >= 15 is 0 Å². The number of para-hydroxylation sites is 1. The summed E-state index contributed by atoms with van der Waals surface area (Å²) in [7, 11) is 0. The number of carbonyl (C=O) groups is 2. The largest absolute Gasteiger partial charge is 0.491 e. The molecule has 35 heavy (non-hydrogen) atoms. The van der Waals surface area contributed by atoms with E-state index in [0.717, 1.165) is 33.3 Å². The van der Waals surface area contributed by atoms with Crippen molar-refractivity contribution in [2.75, 3.05) is 19.7 Å². The number of benzene rings is 2. The monoisotopic (exact) mass is 470 g/mol. The van der Waals surface area contributed by atoms with Crippen LogP contribution in [-0.2, 0) is 16.1 Å². The zero-order chi connectivity index (χ0) is 24.9. The molecule has 0 unspecified atom stereocenters. The predicted molar refractivity (Wildman–Crippen MR) is 135 cm³/mol. The second-order valence-corrected chi connectivity index (χ2v) is 9.05. The molecule has 180 valence electrons. The number of primary amides is 1. The van der Waals surface area contributed by atoms with E-state index in [-0.39, 0.29) is 23.3 Å². The minimum atomic E-state index is -0.331. The number of hydrogen-bond donors (Lipinski definition) is 1. The van der Waals surface area contributed by atoms with Crippen LogP contribution < -0.4 is 10.5 Å². The van der Waals surface area contributed by atoms with Crippen LogP contribution >= 0.6 is 0 Å². The van der Waals surface area contributed by atoms with Crippen molar-refractivity contribution in [3.63, 3.8) is 0 Å². The smallest absolute Gasteiger partial charge is 0.264 e. The second-order valence-electron chi connectivity index (χ2n) is 9.05. The van der Waals surface area contributed by atoms with E-state index in [1.165, 1.54) is 0 Å². The molecular formula is C28H30N4O3. The zero-order valence-corrected chi connectivity index (χ0v) is 20.2. The van der Waals surface area contributed by atoms with Crippen molar-refractivity contribution in [1.82, 2.24) is 9.47 Å². The molecular weight excluding hydrogens is 440 g/mol. The Hall–Kier alpha value is -4.05. The third-order valence-corrected chi connectivity index (χ3v) is 6.59. The first kappa shape index (κ1) is 24.1. The maximum atomic E-state index is 13.0. The SMILES string of the molecule is Cc1ccc(C)c(OCCn2cc(/C=C(\C#N)C(=O)N3CCC(C(N)=O)CC3)c3ccccc32)c1. The molecule has 0 atom stereocenters. The van der Waals surface area contributed by atoms with Crippen molar-refractivity contribution < 1.29 is 14.3 Å². The van der Waals surface area contributed by atoms with Gasteiger partial charge in [-0.05, 0) is 56.0 Å².